The van der Waals surface area contributed by atoms with Crippen LogP contribution in [-0.4, -0.2) is 94.4 Å². The summed E-state index contributed by atoms with van der Waals surface area (Å²) in [6, 6.07) is 0.760. The molecule has 0 bridgehead atoms. The van der Waals surface area contributed by atoms with E-state index in [-0.39, 0.29) is 6.61 Å². The molecular weight excluding hydrogens is 290 g/mol. The third-order valence-electron chi connectivity index (χ3n) is 5.47. The highest BCUT2D eigenvalue weighted by atomic mass is 16.3. The lowest BCUT2D eigenvalue weighted by Gasteiger charge is -2.42. The number of nitrogens with zero attached hydrogens (tertiary/aromatic N) is 5. The van der Waals surface area contributed by atoms with Crippen molar-refractivity contribution in [2.24, 2.45) is 7.05 Å². The van der Waals surface area contributed by atoms with Crippen molar-refractivity contribution in [3.63, 3.8) is 0 Å². The molecule has 0 saturated carbocycles. The molecule has 2 aliphatic rings. The minimum absolute atomic E-state index is 0.286. The molecule has 1 aromatic heterocycles. The predicted molar refractivity (Wildman–Crippen MR) is 91.5 cm³/mol. The third-order valence-corrected chi connectivity index (χ3v) is 5.47. The van der Waals surface area contributed by atoms with Gasteiger partial charge in [0.15, 0.2) is 0 Å². The van der Waals surface area contributed by atoms with Gasteiger partial charge in [-0.1, -0.05) is 0 Å². The zero-order chi connectivity index (χ0) is 16.1. The Morgan fingerprint density at radius 1 is 1.04 bits per heavy atom. The first kappa shape index (κ1) is 16.9. The molecule has 0 aliphatic carbocycles. The summed E-state index contributed by atoms with van der Waals surface area (Å²) in [6.07, 6.45) is 7.55. The van der Waals surface area contributed by atoms with Crippen LogP contribution in [0.15, 0.2) is 12.4 Å². The molecule has 0 unspecified atom stereocenters. The van der Waals surface area contributed by atoms with Crippen LogP contribution >= 0.6 is 0 Å². The van der Waals surface area contributed by atoms with E-state index < -0.39 is 0 Å². The number of likely N-dealkylation sites (tertiary alicyclic amines) is 1. The molecule has 6 nitrogen and oxygen atoms in total. The van der Waals surface area contributed by atoms with Crippen LogP contribution in [0, 0.1) is 0 Å². The summed E-state index contributed by atoms with van der Waals surface area (Å²) >= 11 is 0. The molecule has 2 fully saturated rings. The number of aromatic nitrogens is 2. The molecule has 0 amide bonds. The number of imidazole rings is 1. The fourth-order valence-corrected chi connectivity index (χ4v) is 3.90. The second-order valence-electron chi connectivity index (χ2n) is 6.88. The van der Waals surface area contributed by atoms with Crippen molar-refractivity contribution in [3.05, 3.63) is 18.2 Å². The van der Waals surface area contributed by atoms with Gasteiger partial charge in [0.2, 0.25) is 0 Å². The highest BCUT2D eigenvalue weighted by Gasteiger charge is 2.27. The van der Waals surface area contributed by atoms with E-state index in [1.165, 1.54) is 31.8 Å². The average Bonchev–Trinajstić information content (AvgIpc) is 3.00. The van der Waals surface area contributed by atoms with Crippen molar-refractivity contribution in [1.29, 1.82) is 0 Å². The summed E-state index contributed by atoms with van der Waals surface area (Å²) < 4.78 is 2.12. The van der Waals surface area contributed by atoms with Gasteiger partial charge in [0.25, 0.3) is 0 Å². The lowest BCUT2D eigenvalue weighted by molar-refractivity contribution is 0.0533. The van der Waals surface area contributed by atoms with Crippen LogP contribution in [0.4, 0.5) is 0 Å². The Bertz CT molecular complexity index is 461. The highest BCUT2D eigenvalue weighted by molar-refractivity contribution is 4.92. The smallest absolute Gasteiger partial charge is 0.109 e. The standard InChI is InChI=1S/C17H31N5O/c1-19-9-5-18-17(19)4-8-20-6-2-16(3-7-20)22-12-10-21(11-13-22)14-15-23/h5,9,16,23H,2-4,6-8,10-15H2,1H3. The molecule has 6 heteroatoms. The van der Waals surface area contributed by atoms with E-state index in [1.807, 2.05) is 12.4 Å². The van der Waals surface area contributed by atoms with Gasteiger partial charge in [-0.3, -0.25) is 9.80 Å². The minimum atomic E-state index is 0.286. The number of hydrogen-bond acceptors (Lipinski definition) is 5. The van der Waals surface area contributed by atoms with Crippen LogP contribution in [0.1, 0.15) is 18.7 Å². The molecule has 2 aliphatic heterocycles. The quantitative estimate of drug-likeness (QED) is 0.801. The van der Waals surface area contributed by atoms with E-state index >= 15 is 0 Å². The molecule has 1 N–H and O–H groups in total. The van der Waals surface area contributed by atoms with Crippen LogP contribution in [0.3, 0.4) is 0 Å². The molecule has 130 valence electrons. The largest absolute Gasteiger partial charge is 0.395 e. The van der Waals surface area contributed by atoms with Crippen LogP contribution < -0.4 is 0 Å². The molecule has 0 atom stereocenters. The number of hydrogen-bond donors (Lipinski definition) is 1. The lowest BCUT2D eigenvalue weighted by atomic mass is 10.0. The van der Waals surface area contributed by atoms with Crippen LogP contribution in [0.5, 0.6) is 0 Å². The molecule has 23 heavy (non-hydrogen) atoms. The van der Waals surface area contributed by atoms with Crippen molar-refractivity contribution >= 4 is 0 Å². The summed E-state index contributed by atoms with van der Waals surface area (Å²) in [4.78, 5) is 12.1. The van der Waals surface area contributed by atoms with E-state index in [2.05, 4.69) is 31.3 Å². The van der Waals surface area contributed by atoms with Crippen molar-refractivity contribution in [3.8, 4) is 0 Å². The molecule has 3 rings (SSSR count). The van der Waals surface area contributed by atoms with E-state index in [0.717, 1.165) is 51.7 Å². The van der Waals surface area contributed by atoms with Crippen LogP contribution in [0.2, 0.25) is 0 Å². The maximum Gasteiger partial charge on any atom is 0.109 e. The van der Waals surface area contributed by atoms with Gasteiger partial charge in [-0.25, -0.2) is 4.98 Å². The summed E-state index contributed by atoms with van der Waals surface area (Å²) in [5.41, 5.74) is 0. The minimum Gasteiger partial charge on any atom is -0.395 e. The molecule has 0 aromatic carbocycles. The van der Waals surface area contributed by atoms with Gasteiger partial charge >= 0.3 is 0 Å². The lowest BCUT2D eigenvalue weighted by Crippen LogP contribution is -2.53. The van der Waals surface area contributed by atoms with E-state index in [1.54, 1.807) is 0 Å². The van der Waals surface area contributed by atoms with Gasteiger partial charge in [-0.2, -0.15) is 0 Å². The molecule has 1 aromatic rings. The van der Waals surface area contributed by atoms with E-state index in [4.69, 9.17) is 5.11 Å². The molecule has 2 saturated heterocycles. The Kier molecular flexibility index (Phi) is 6.05. The van der Waals surface area contributed by atoms with Gasteiger partial charge < -0.3 is 14.6 Å². The normalized spacial score (nSPS) is 22.7. The summed E-state index contributed by atoms with van der Waals surface area (Å²) in [6.45, 7) is 9.23. The number of rotatable bonds is 6. The Hall–Kier alpha value is -0.950. The van der Waals surface area contributed by atoms with Crippen LogP contribution in [0.25, 0.3) is 0 Å². The zero-order valence-corrected chi connectivity index (χ0v) is 14.4. The summed E-state index contributed by atoms with van der Waals surface area (Å²) in [5.74, 6) is 1.19. The average molecular weight is 321 g/mol. The van der Waals surface area contributed by atoms with Gasteiger partial charge in [-0.05, 0) is 25.9 Å². The first-order chi connectivity index (χ1) is 11.3. The SMILES string of the molecule is Cn1ccnc1CCN1CCC(N2CCN(CCO)CC2)CC1. The molecular formula is C17H31N5O. The van der Waals surface area contributed by atoms with Crippen molar-refractivity contribution < 1.29 is 5.11 Å². The number of piperazine rings is 1. The fourth-order valence-electron chi connectivity index (χ4n) is 3.90. The van der Waals surface area contributed by atoms with Gasteiger partial charge in [0.05, 0.1) is 6.61 Å². The van der Waals surface area contributed by atoms with Crippen molar-refractivity contribution in [2.45, 2.75) is 25.3 Å². The number of aliphatic hydroxyl groups is 1. The Morgan fingerprint density at radius 2 is 1.74 bits per heavy atom. The highest BCUT2D eigenvalue weighted by Crippen LogP contribution is 2.18. The number of aryl methyl sites for hydroxylation is 1. The maximum atomic E-state index is 9.03. The maximum absolute atomic E-state index is 9.03. The second-order valence-corrected chi connectivity index (χ2v) is 6.88. The van der Waals surface area contributed by atoms with Crippen LogP contribution in [-0.2, 0) is 13.5 Å². The summed E-state index contributed by atoms with van der Waals surface area (Å²) in [5, 5.41) is 9.03. The Morgan fingerprint density at radius 3 is 2.35 bits per heavy atom. The number of aliphatic hydroxyl groups excluding tert-OH is 1. The van der Waals surface area contributed by atoms with Gasteiger partial charge in [0, 0.05) is 71.2 Å². The van der Waals surface area contributed by atoms with E-state index in [0.29, 0.717) is 0 Å². The molecule has 0 radical (unpaired) electrons. The first-order valence-electron chi connectivity index (χ1n) is 9.02. The second kappa shape index (κ2) is 8.24. The van der Waals surface area contributed by atoms with Crippen molar-refractivity contribution in [2.75, 3.05) is 59.0 Å². The Labute approximate surface area is 139 Å². The fraction of sp³-hybridized carbons (Fsp3) is 0.824. The molecule has 3 heterocycles. The monoisotopic (exact) mass is 321 g/mol. The van der Waals surface area contributed by atoms with Gasteiger partial charge in [-0.15, -0.1) is 0 Å². The van der Waals surface area contributed by atoms with E-state index in [9.17, 15) is 0 Å². The van der Waals surface area contributed by atoms with Gasteiger partial charge in [0.1, 0.15) is 5.82 Å². The van der Waals surface area contributed by atoms with Crippen molar-refractivity contribution in [1.82, 2.24) is 24.3 Å². The molecule has 0 spiro atoms. The topological polar surface area (TPSA) is 47.8 Å². The predicted octanol–water partition coefficient (Wildman–Crippen LogP) is 0.0369. The number of piperidine rings is 1. The number of β-amino-alcohol motifs (C(OH)–C–C–N with tert-alkyl or cyclic N) is 1. The Balaban J connectivity index is 1.36. The first-order valence-corrected chi connectivity index (χ1v) is 9.02. The summed E-state index contributed by atoms with van der Waals surface area (Å²) in [7, 11) is 2.07. The third kappa shape index (κ3) is 4.53. The zero-order valence-electron chi connectivity index (χ0n) is 14.4.